The molecule has 6 heteroatoms. The molecule has 0 atom stereocenters. The highest BCUT2D eigenvalue weighted by Crippen LogP contribution is 2.41. The van der Waals surface area contributed by atoms with Gasteiger partial charge in [0.05, 0.1) is 0 Å². The van der Waals surface area contributed by atoms with Crippen LogP contribution in [0.2, 0.25) is 0 Å². The van der Waals surface area contributed by atoms with Crippen molar-refractivity contribution in [2.24, 2.45) is 5.92 Å². The fourth-order valence-electron chi connectivity index (χ4n) is 1.08. The standard InChI is InChI=1S/C8H12F4O2/c1-3-7(9,10)5(6(13)14)8(11,12)4-2/h5H,3-4H2,1-2H3,(H,13,14). The highest BCUT2D eigenvalue weighted by Gasteiger charge is 2.57. The largest absolute Gasteiger partial charge is 0.481 e. The van der Waals surface area contributed by atoms with E-state index in [-0.39, 0.29) is 0 Å². The minimum Gasteiger partial charge on any atom is -0.481 e. The summed E-state index contributed by atoms with van der Waals surface area (Å²) in [4.78, 5) is 10.4. The molecule has 0 radical (unpaired) electrons. The molecule has 14 heavy (non-hydrogen) atoms. The molecule has 2 nitrogen and oxygen atoms in total. The van der Waals surface area contributed by atoms with E-state index in [0.29, 0.717) is 0 Å². The number of hydrogen-bond acceptors (Lipinski definition) is 1. The van der Waals surface area contributed by atoms with Gasteiger partial charge in [-0.1, -0.05) is 13.8 Å². The summed E-state index contributed by atoms with van der Waals surface area (Å²) in [7, 11) is 0. The monoisotopic (exact) mass is 216 g/mol. The Hall–Kier alpha value is -0.810. The average Bonchev–Trinajstić information content (AvgIpc) is 2.02. The zero-order chi connectivity index (χ0) is 11.6. The molecular weight excluding hydrogens is 204 g/mol. The highest BCUT2D eigenvalue weighted by molar-refractivity contribution is 5.72. The molecule has 0 rings (SSSR count). The highest BCUT2D eigenvalue weighted by atomic mass is 19.3. The number of carboxylic acids is 1. The minimum atomic E-state index is -3.88. The van der Waals surface area contributed by atoms with Crippen molar-refractivity contribution in [3.8, 4) is 0 Å². The molecule has 0 fully saturated rings. The third-order valence-electron chi connectivity index (χ3n) is 2.03. The summed E-state index contributed by atoms with van der Waals surface area (Å²) < 4.78 is 51.6. The quantitative estimate of drug-likeness (QED) is 0.717. The first-order chi connectivity index (χ1) is 6.19. The van der Waals surface area contributed by atoms with E-state index in [0.717, 1.165) is 13.8 Å². The van der Waals surface area contributed by atoms with Gasteiger partial charge in [-0.3, -0.25) is 4.79 Å². The van der Waals surface area contributed by atoms with E-state index >= 15 is 0 Å². The molecule has 1 N–H and O–H groups in total. The molecule has 0 aliphatic carbocycles. The molecule has 0 aliphatic rings. The SMILES string of the molecule is CCC(F)(F)C(C(=O)O)C(F)(F)CC. The summed E-state index contributed by atoms with van der Waals surface area (Å²) in [6.45, 7) is 1.95. The van der Waals surface area contributed by atoms with Crippen LogP contribution in [0.1, 0.15) is 26.7 Å². The van der Waals surface area contributed by atoms with Gasteiger partial charge in [0.1, 0.15) is 0 Å². The number of alkyl halides is 4. The van der Waals surface area contributed by atoms with Crippen LogP contribution in [0, 0.1) is 5.92 Å². The van der Waals surface area contributed by atoms with Crippen molar-refractivity contribution in [1.29, 1.82) is 0 Å². The maximum Gasteiger partial charge on any atom is 0.318 e. The molecule has 0 aliphatic heterocycles. The number of carboxylic acid groups (broad SMARTS) is 1. The van der Waals surface area contributed by atoms with Crippen LogP contribution in [-0.2, 0) is 4.79 Å². The molecule has 0 saturated carbocycles. The van der Waals surface area contributed by atoms with E-state index in [4.69, 9.17) is 5.11 Å². The van der Waals surface area contributed by atoms with Gasteiger partial charge in [-0.2, -0.15) is 0 Å². The van der Waals surface area contributed by atoms with Crippen LogP contribution in [0.15, 0.2) is 0 Å². The fourth-order valence-corrected chi connectivity index (χ4v) is 1.08. The maximum atomic E-state index is 12.9. The summed E-state index contributed by atoms with van der Waals surface area (Å²) in [6.07, 6.45) is -1.83. The van der Waals surface area contributed by atoms with Crippen LogP contribution < -0.4 is 0 Å². The molecule has 0 amide bonds. The van der Waals surface area contributed by atoms with Gasteiger partial charge in [-0.15, -0.1) is 0 Å². The summed E-state index contributed by atoms with van der Waals surface area (Å²) in [5, 5.41) is 8.35. The molecule has 0 unspecified atom stereocenters. The van der Waals surface area contributed by atoms with Gasteiger partial charge >= 0.3 is 5.97 Å². The summed E-state index contributed by atoms with van der Waals surface area (Å²) >= 11 is 0. The molecule has 0 aromatic carbocycles. The lowest BCUT2D eigenvalue weighted by molar-refractivity contribution is -0.197. The fraction of sp³-hybridized carbons (Fsp3) is 0.875. The Labute approximate surface area is 78.9 Å². The maximum absolute atomic E-state index is 12.9. The summed E-state index contributed by atoms with van der Waals surface area (Å²) in [5.74, 6) is -12.9. The Kier molecular flexibility index (Phi) is 3.91. The molecule has 0 aromatic heterocycles. The van der Waals surface area contributed by atoms with Gasteiger partial charge in [-0.25, -0.2) is 17.6 Å². The van der Waals surface area contributed by atoms with E-state index in [1.165, 1.54) is 0 Å². The van der Waals surface area contributed by atoms with Crippen LogP contribution in [0.4, 0.5) is 17.6 Å². The molecule has 0 heterocycles. The lowest BCUT2D eigenvalue weighted by Crippen LogP contribution is -2.46. The van der Waals surface area contributed by atoms with E-state index < -0.39 is 36.6 Å². The predicted octanol–water partition coefficient (Wildman–Crippen LogP) is 2.78. The van der Waals surface area contributed by atoms with Crippen molar-refractivity contribution in [2.75, 3.05) is 0 Å². The second-order valence-electron chi connectivity index (χ2n) is 3.00. The topological polar surface area (TPSA) is 37.3 Å². The van der Waals surface area contributed by atoms with Crippen molar-refractivity contribution in [3.05, 3.63) is 0 Å². The lowest BCUT2D eigenvalue weighted by Gasteiger charge is -2.28. The third kappa shape index (κ3) is 2.59. The normalized spacial score (nSPS) is 13.4. The van der Waals surface area contributed by atoms with Crippen LogP contribution >= 0.6 is 0 Å². The molecular formula is C8H12F4O2. The van der Waals surface area contributed by atoms with Crippen molar-refractivity contribution in [1.82, 2.24) is 0 Å². The van der Waals surface area contributed by atoms with Crippen LogP contribution in [0.3, 0.4) is 0 Å². The second-order valence-corrected chi connectivity index (χ2v) is 3.00. The Bertz CT molecular complexity index is 199. The molecule has 0 saturated heterocycles. The molecule has 0 aromatic rings. The van der Waals surface area contributed by atoms with Crippen molar-refractivity contribution < 1.29 is 27.5 Å². The first-order valence-corrected chi connectivity index (χ1v) is 4.17. The third-order valence-corrected chi connectivity index (χ3v) is 2.03. The smallest absolute Gasteiger partial charge is 0.318 e. The van der Waals surface area contributed by atoms with Gasteiger partial charge in [0.25, 0.3) is 11.8 Å². The van der Waals surface area contributed by atoms with E-state index in [1.54, 1.807) is 0 Å². The van der Waals surface area contributed by atoms with E-state index in [2.05, 4.69) is 0 Å². The van der Waals surface area contributed by atoms with Crippen LogP contribution in [-0.4, -0.2) is 22.9 Å². The zero-order valence-corrected chi connectivity index (χ0v) is 7.86. The average molecular weight is 216 g/mol. The number of hydrogen-bond donors (Lipinski definition) is 1. The number of carbonyl (C=O) groups is 1. The van der Waals surface area contributed by atoms with E-state index in [1.807, 2.05) is 0 Å². The number of rotatable bonds is 5. The minimum absolute atomic E-state index is 0.917. The Morgan fingerprint density at radius 2 is 1.43 bits per heavy atom. The lowest BCUT2D eigenvalue weighted by atomic mass is 9.91. The van der Waals surface area contributed by atoms with Crippen LogP contribution in [0.5, 0.6) is 0 Å². The van der Waals surface area contributed by atoms with Gasteiger partial charge in [0, 0.05) is 12.8 Å². The van der Waals surface area contributed by atoms with Gasteiger partial charge < -0.3 is 5.11 Å². The Morgan fingerprint density at radius 1 is 1.14 bits per heavy atom. The number of halogens is 4. The Balaban J connectivity index is 5.06. The van der Waals surface area contributed by atoms with Gasteiger partial charge in [0.15, 0.2) is 5.92 Å². The van der Waals surface area contributed by atoms with Crippen molar-refractivity contribution in [2.45, 2.75) is 38.5 Å². The van der Waals surface area contributed by atoms with Gasteiger partial charge in [-0.05, 0) is 0 Å². The second kappa shape index (κ2) is 4.14. The van der Waals surface area contributed by atoms with Gasteiger partial charge in [0.2, 0.25) is 0 Å². The zero-order valence-electron chi connectivity index (χ0n) is 7.86. The summed E-state index contributed by atoms with van der Waals surface area (Å²) in [6, 6.07) is 0. The molecule has 0 bridgehead atoms. The Morgan fingerprint density at radius 3 is 1.57 bits per heavy atom. The van der Waals surface area contributed by atoms with Crippen molar-refractivity contribution in [3.63, 3.8) is 0 Å². The van der Waals surface area contributed by atoms with Crippen molar-refractivity contribution >= 4 is 5.97 Å². The number of aliphatic carboxylic acids is 1. The van der Waals surface area contributed by atoms with Crippen LogP contribution in [0.25, 0.3) is 0 Å². The first kappa shape index (κ1) is 13.2. The van der Waals surface area contributed by atoms with E-state index in [9.17, 15) is 22.4 Å². The molecule has 0 spiro atoms. The molecule has 84 valence electrons. The first-order valence-electron chi connectivity index (χ1n) is 4.17. The predicted molar refractivity (Wildman–Crippen MR) is 41.6 cm³/mol. The summed E-state index contributed by atoms with van der Waals surface area (Å²) in [5.41, 5.74) is 0.